The lowest BCUT2D eigenvalue weighted by Gasteiger charge is -2.03. The molecule has 0 aliphatic heterocycles. The van der Waals surface area contributed by atoms with E-state index in [-0.39, 0.29) is 0 Å². The zero-order valence-electron chi connectivity index (χ0n) is 9.25. The van der Waals surface area contributed by atoms with E-state index in [9.17, 15) is 0 Å². The Morgan fingerprint density at radius 3 is 2.29 bits per heavy atom. The molecular formula is C14H18. The van der Waals surface area contributed by atoms with E-state index in [1.807, 2.05) is 0 Å². The topological polar surface area (TPSA) is 0 Å². The largest absolute Gasteiger partial charge is 0.0769 e. The minimum absolute atomic E-state index is 1.08. The third-order valence-electron chi connectivity index (χ3n) is 1.98. The zero-order valence-corrected chi connectivity index (χ0v) is 9.25. The van der Waals surface area contributed by atoms with Crippen LogP contribution in [0.2, 0.25) is 0 Å². The van der Waals surface area contributed by atoms with Crippen molar-refractivity contribution in [3.8, 4) is 0 Å². The molecule has 1 aromatic carbocycles. The van der Waals surface area contributed by atoms with Crippen molar-refractivity contribution in [1.29, 1.82) is 0 Å². The molecule has 0 aromatic heterocycles. The first-order valence-corrected chi connectivity index (χ1v) is 5.14. The molecule has 0 N–H and O–H groups in total. The van der Waals surface area contributed by atoms with Crippen molar-refractivity contribution in [3.05, 3.63) is 53.6 Å². The predicted molar refractivity (Wildman–Crippen MR) is 64.1 cm³/mol. The minimum Gasteiger partial charge on any atom is -0.0769 e. The fourth-order valence-corrected chi connectivity index (χ4v) is 1.42. The van der Waals surface area contributed by atoms with Crippen molar-refractivity contribution in [2.24, 2.45) is 0 Å². The zero-order chi connectivity index (χ0) is 10.4. The first kappa shape index (κ1) is 10.8. The lowest BCUT2D eigenvalue weighted by atomic mass is 10.0. The third kappa shape index (κ3) is 3.21. The van der Waals surface area contributed by atoms with Crippen molar-refractivity contribution in [2.45, 2.75) is 27.2 Å². The molecule has 0 nitrogen and oxygen atoms in total. The lowest BCUT2D eigenvalue weighted by molar-refractivity contribution is 1.22. The highest BCUT2D eigenvalue weighted by molar-refractivity contribution is 5.74. The van der Waals surface area contributed by atoms with E-state index in [4.69, 9.17) is 0 Å². The Balaban J connectivity index is 3.02. The van der Waals surface area contributed by atoms with Crippen LogP contribution < -0.4 is 0 Å². The van der Waals surface area contributed by atoms with Gasteiger partial charge in [-0.2, -0.15) is 0 Å². The van der Waals surface area contributed by atoms with Crippen LogP contribution in [0.1, 0.15) is 32.8 Å². The number of hydrogen-bond donors (Lipinski definition) is 0. The van der Waals surface area contributed by atoms with Crippen molar-refractivity contribution < 1.29 is 0 Å². The summed E-state index contributed by atoms with van der Waals surface area (Å²) in [6.45, 7) is 6.43. The number of hydrogen-bond acceptors (Lipinski definition) is 0. The molecule has 0 unspecified atom stereocenters. The molecule has 0 spiro atoms. The van der Waals surface area contributed by atoms with E-state index in [1.165, 1.54) is 16.7 Å². The van der Waals surface area contributed by atoms with Gasteiger partial charge in [-0.25, -0.2) is 0 Å². The molecule has 0 aliphatic carbocycles. The van der Waals surface area contributed by atoms with Gasteiger partial charge in [0.25, 0.3) is 0 Å². The lowest BCUT2D eigenvalue weighted by Crippen LogP contribution is -1.81. The van der Waals surface area contributed by atoms with Gasteiger partial charge in [0.15, 0.2) is 0 Å². The van der Waals surface area contributed by atoms with Gasteiger partial charge in [0.1, 0.15) is 0 Å². The molecule has 0 amide bonds. The number of benzene rings is 1. The van der Waals surface area contributed by atoms with Crippen molar-refractivity contribution >= 4 is 5.57 Å². The fraction of sp³-hybridized carbons (Fsp3) is 0.286. The summed E-state index contributed by atoms with van der Waals surface area (Å²) < 4.78 is 0. The third-order valence-corrected chi connectivity index (χ3v) is 1.98. The fourth-order valence-electron chi connectivity index (χ4n) is 1.42. The van der Waals surface area contributed by atoms with Crippen LogP contribution in [0.4, 0.5) is 0 Å². The molecule has 0 heteroatoms. The maximum absolute atomic E-state index is 2.27. The van der Waals surface area contributed by atoms with E-state index < -0.39 is 0 Å². The molecular weight excluding hydrogens is 168 g/mol. The second-order valence-corrected chi connectivity index (χ2v) is 3.66. The van der Waals surface area contributed by atoms with Gasteiger partial charge in [-0.05, 0) is 31.4 Å². The van der Waals surface area contributed by atoms with Crippen LogP contribution in [0.15, 0.2) is 48.1 Å². The van der Waals surface area contributed by atoms with Crippen LogP contribution in [0, 0.1) is 0 Å². The van der Waals surface area contributed by atoms with Gasteiger partial charge >= 0.3 is 0 Å². The highest BCUT2D eigenvalue weighted by Gasteiger charge is 1.95. The smallest absolute Gasteiger partial charge is 0.0187 e. The van der Waals surface area contributed by atoms with Crippen molar-refractivity contribution in [1.82, 2.24) is 0 Å². The van der Waals surface area contributed by atoms with Crippen LogP contribution >= 0.6 is 0 Å². The molecule has 0 atom stereocenters. The highest BCUT2D eigenvalue weighted by Crippen LogP contribution is 2.17. The number of allylic oxidation sites excluding steroid dienone is 4. The maximum Gasteiger partial charge on any atom is -0.0187 e. The van der Waals surface area contributed by atoms with Crippen LogP contribution in [0.3, 0.4) is 0 Å². The summed E-state index contributed by atoms with van der Waals surface area (Å²) in [4.78, 5) is 0. The Labute approximate surface area is 87.0 Å². The van der Waals surface area contributed by atoms with E-state index in [0.29, 0.717) is 0 Å². The Hall–Kier alpha value is -1.30. The molecule has 0 fully saturated rings. The monoisotopic (exact) mass is 186 g/mol. The summed E-state index contributed by atoms with van der Waals surface area (Å²) in [7, 11) is 0. The minimum atomic E-state index is 1.08. The maximum atomic E-state index is 2.27. The van der Waals surface area contributed by atoms with Gasteiger partial charge in [0, 0.05) is 0 Å². The molecule has 0 aliphatic rings. The van der Waals surface area contributed by atoms with Crippen LogP contribution in [0.5, 0.6) is 0 Å². The van der Waals surface area contributed by atoms with E-state index in [0.717, 1.165) is 6.42 Å². The quantitative estimate of drug-likeness (QED) is 0.612. The molecule has 0 bridgehead atoms. The highest BCUT2D eigenvalue weighted by atomic mass is 14.0. The summed E-state index contributed by atoms with van der Waals surface area (Å²) in [5.41, 5.74) is 3.97. The first-order chi connectivity index (χ1) is 6.74. The molecule has 1 aromatic rings. The second kappa shape index (κ2) is 5.43. The van der Waals surface area contributed by atoms with Gasteiger partial charge in [-0.3, -0.25) is 0 Å². The summed E-state index contributed by atoms with van der Waals surface area (Å²) in [5, 5.41) is 0. The Kier molecular flexibility index (Phi) is 4.18. The molecule has 74 valence electrons. The van der Waals surface area contributed by atoms with Crippen LogP contribution in [0.25, 0.3) is 5.57 Å². The van der Waals surface area contributed by atoms with E-state index >= 15 is 0 Å². The summed E-state index contributed by atoms with van der Waals surface area (Å²) in [6, 6.07) is 10.5. The Morgan fingerprint density at radius 2 is 1.79 bits per heavy atom. The average molecular weight is 186 g/mol. The summed E-state index contributed by atoms with van der Waals surface area (Å²) in [6.07, 6.45) is 5.58. The van der Waals surface area contributed by atoms with Crippen molar-refractivity contribution in [2.75, 3.05) is 0 Å². The molecule has 0 radical (unpaired) electrons. The Bertz CT molecular complexity index is 324. The summed E-state index contributed by atoms with van der Waals surface area (Å²) >= 11 is 0. The average Bonchev–Trinajstić information content (AvgIpc) is 2.18. The first-order valence-electron chi connectivity index (χ1n) is 5.14. The standard InChI is InChI=1S/C14H18/c1-4-8-14(11-12(2)3)13-9-6-5-7-10-13/h5-11H,4H2,1-3H3. The molecule has 0 saturated heterocycles. The van der Waals surface area contributed by atoms with Gasteiger partial charge < -0.3 is 0 Å². The number of rotatable bonds is 3. The Morgan fingerprint density at radius 1 is 1.14 bits per heavy atom. The van der Waals surface area contributed by atoms with Gasteiger partial charge in [-0.15, -0.1) is 0 Å². The predicted octanol–water partition coefficient (Wildman–Crippen LogP) is 4.45. The van der Waals surface area contributed by atoms with Gasteiger partial charge in [-0.1, -0.05) is 55.0 Å². The van der Waals surface area contributed by atoms with Gasteiger partial charge in [0.2, 0.25) is 0 Å². The second-order valence-electron chi connectivity index (χ2n) is 3.66. The van der Waals surface area contributed by atoms with Gasteiger partial charge in [0.05, 0.1) is 0 Å². The van der Waals surface area contributed by atoms with E-state index in [2.05, 4.69) is 63.3 Å². The molecule has 0 saturated carbocycles. The van der Waals surface area contributed by atoms with Crippen LogP contribution in [-0.4, -0.2) is 0 Å². The van der Waals surface area contributed by atoms with Crippen molar-refractivity contribution in [3.63, 3.8) is 0 Å². The molecule has 14 heavy (non-hydrogen) atoms. The van der Waals surface area contributed by atoms with Crippen LogP contribution in [-0.2, 0) is 0 Å². The molecule has 1 rings (SSSR count). The molecule has 0 heterocycles. The summed E-state index contributed by atoms with van der Waals surface area (Å²) in [5.74, 6) is 0. The van der Waals surface area contributed by atoms with E-state index in [1.54, 1.807) is 0 Å². The normalized spacial score (nSPS) is 11.2. The SMILES string of the molecule is CCC=C(C=C(C)C)c1ccccc1.